The number of nitrogens with two attached hydrogens (primary N) is 1. The van der Waals surface area contributed by atoms with Crippen LogP contribution >= 0.6 is 0 Å². The lowest BCUT2D eigenvalue weighted by atomic mass is 10.3. The molecule has 1 aromatic rings. The van der Waals surface area contributed by atoms with Crippen molar-refractivity contribution < 1.29 is 9.18 Å². The number of halogens is 1. The van der Waals surface area contributed by atoms with Crippen LogP contribution in [-0.4, -0.2) is 17.4 Å². The molecular formula is C11H18FN3O. The van der Waals surface area contributed by atoms with Crippen molar-refractivity contribution in [3.63, 3.8) is 0 Å². The van der Waals surface area contributed by atoms with E-state index in [0.717, 1.165) is 0 Å². The molecule has 0 saturated heterocycles. The fraction of sp³-hybridized carbons (Fsp3) is 0.455. The molecule has 0 aliphatic carbocycles. The predicted octanol–water partition coefficient (Wildman–Crippen LogP) is 1.21. The van der Waals surface area contributed by atoms with Gasteiger partial charge in [-0.25, -0.2) is 4.39 Å². The maximum atomic E-state index is 12.6. The van der Waals surface area contributed by atoms with Crippen LogP contribution in [0.25, 0.3) is 0 Å². The Morgan fingerprint density at radius 2 is 2.19 bits per heavy atom. The number of carbonyl (C=O) groups is 1. The number of aromatic nitrogens is 1. The smallest absolute Gasteiger partial charge is 0.234 e. The van der Waals surface area contributed by atoms with E-state index in [-0.39, 0.29) is 24.8 Å². The van der Waals surface area contributed by atoms with Gasteiger partial charge in [-0.2, -0.15) is 0 Å². The van der Waals surface area contributed by atoms with Gasteiger partial charge in [0.25, 0.3) is 0 Å². The van der Waals surface area contributed by atoms with Gasteiger partial charge in [0.15, 0.2) is 0 Å². The molecule has 90 valence electrons. The summed E-state index contributed by atoms with van der Waals surface area (Å²) in [5.74, 6) is -0.655. The Labute approximate surface area is 95.1 Å². The van der Waals surface area contributed by atoms with Gasteiger partial charge in [-0.15, -0.1) is 0 Å². The van der Waals surface area contributed by atoms with Crippen LogP contribution in [0, 0.1) is 5.82 Å². The predicted molar refractivity (Wildman–Crippen MR) is 61.1 cm³/mol. The SMILES string of the molecule is CCC.NCC(=O)NCc1cc(F)ccn1. The van der Waals surface area contributed by atoms with E-state index in [1.165, 1.54) is 24.8 Å². The quantitative estimate of drug-likeness (QED) is 0.815. The van der Waals surface area contributed by atoms with E-state index in [0.29, 0.717) is 5.69 Å². The molecule has 0 atom stereocenters. The third-order valence-electron chi connectivity index (χ3n) is 1.43. The highest BCUT2D eigenvalue weighted by Crippen LogP contribution is 1.98. The lowest BCUT2D eigenvalue weighted by molar-refractivity contribution is -0.119. The van der Waals surface area contributed by atoms with E-state index in [1.807, 2.05) is 0 Å². The molecule has 0 aromatic carbocycles. The first kappa shape index (κ1) is 14.5. The second-order valence-corrected chi connectivity index (χ2v) is 3.15. The molecule has 16 heavy (non-hydrogen) atoms. The first-order valence-electron chi connectivity index (χ1n) is 5.21. The normalized spacial score (nSPS) is 9.00. The van der Waals surface area contributed by atoms with E-state index < -0.39 is 0 Å². The molecule has 0 aliphatic heterocycles. The van der Waals surface area contributed by atoms with E-state index in [2.05, 4.69) is 24.1 Å². The van der Waals surface area contributed by atoms with Crippen molar-refractivity contribution in [1.29, 1.82) is 0 Å². The number of nitrogens with one attached hydrogen (secondary N) is 1. The molecule has 0 bridgehead atoms. The van der Waals surface area contributed by atoms with Gasteiger partial charge in [-0.1, -0.05) is 20.3 Å². The molecule has 1 rings (SSSR count). The second kappa shape index (κ2) is 8.79. The zero-order chi connectivity index (χ0) is 12.4. The van der Waals surface area contributed by atoms with Crippen LogP contribution in [0.3, 0.4) is 0 Å². The summed E-state index contributed by atoms with van der Waals surface area (Å²) in [5.41, 5.74) is 5.53. The zero-order valence-electron chi connectivity index (χ0n) is 9.66. The van der Waals surface area contributed by atoms with Crippen molar-refractivity contribution in [3.8, 4) is 0 Å². The molecular weight excluding hydrogens is 209 g/mol. The Kier molecular flexibility index (Phi) is 7.97. The van der Waals surface area contributed by atoms with Crippen LogP contribution < -0.4 is 11.1 Å². The first-order valence-corrected chi connectivity index (χ1v) is 5.21. The summed E-state index contributed by atoms with van der Waals surface area (Å²) in [6.45, 7) is 4.38. The Morgan fingerprint density at radius 3 is 2.69 bits per heavy atom. The summed E-state index contributed by atoms with van der Waals surface area (Å²) in [6, 6.07) is 2.51. The summed E-state index contributed by atoms with van der Waals surface area (Å²) in [4.78, 5) is 14.6. The molecule has 0 unspecified atom stereocenters. The average molecular weight is 227 g/mol. The van der Waals surface area contributed by atoms with Gasteiger partial charge in [0.05, 0.1) is 18.8 Å². The minimum atomic E-state index is -0.369. The van der Waals surface area contributed by atoms with Gasteiger partial charge in [0.2, 0.25) is 5.91 Å². The Hall–Kier alpha value is -1.49. The van der Waals surface area contributed by atoms with Crippen LogP contribution in [0.1, 0.15) is 26.0 Å². The number of rotatable bonds is 3. The largest absolute Gasteiger partial charge is 0.349 e. The van der Waals surface area contributed by atoms with Crippen LogP contribution in [0.4, 0.5) is 4.39 Å². The molecule has 1 amide bonds. The lowest BCUT2D eigenvalue weighted by Crippen LogP contribution is -2.29. The summed E-state index contributed by atoms with van der Waals surface area (Å²) < 4.78 is 12.6. The third kappa shape index (κ3) is 6.89. The Bertz CT molecular complexity index is 318. The van der Waals surface area contributed by atoms with Crippen LogP contribution in [-0.2, 0) is 11.3 Å². The number of nitrogens with zero attached hydrogens (tertiary/aromatic N) is 1. The van der Waals surface area contributed by atoms with E-state index >= 15 is 0 Å². The zero-order valence-corrected chi connectivity index (χ0v) is 9.66. The molecule has 5 heteroatoms. The van der Waals surface area contributed by atoms with Crippen molar-refractivity contribution >= 4 is 5.91 Å². The van der Waals surface area contributed by atoms with E-state index in [9.17, 15) is 9.18 Å². The summed E-state index contributed by atoms with van der Waals surface area (Å²) in [7, 11) is 0. The van der Waals surface area contributed by atoms with Crippen molar-refractivity contribution in [3.05, 3.63) is 29.8 Å². The molecule has 3 N–H and O–H groups in total. The van der Waals surface area contributed by atoms with Crippen molar-refractivity contribution in [2.45, 2.75) is 26.8 Å². The van der Waals surface area contributed by atoms with E-state index in [4.69, 9.17) is 5.73 Å². The minimum absolute atomic E-state index is 0.0741. The highest BCUT2D eigenvalue weighted by Gasteiger charge is 1.99. The first-order chi connectivity index (χ1) is 7.63. The molecule has 0 radical (unpaired) electrons. The number of amides is 1. The highest BCUT2D eigenvalue weighted by atomic mass is 19.1. The van der Waals surface area contributed by atoms with Gasteiger partial charge in [-0.3, -0.25) is 9.78 Å². The van der Waals surface area contributed by atoms with Crippen molar-refractivity contribution in [2.75, 3.05) is 6.54 Å². The van der Waals surface area contributed by atoms with Crippen molar-refractivity contribution in [1.82, 2.24) is 10.3 Å². The summed E-state index contributed by atoms with van der Waals surface area (Å²) >= 11 is 0. The van der Waals surface area contributed by atoms with Crippen molar-refractivity contribution in [2.24, 2.45) is 5.73 Å². The fourth-order valence-electron chi connectivity index (χ4n) is 0.807. The number of carbonyl (C=O) groups excluding carboxylic acids is 1. The monoisotopic (exact) mass is 227 g/mol. The molecule has 4 nitrogen and oxygen atoms in total. The number of hydrogen-bond acceptors (Lipinski definition) is 3. The molecule has 0 aliphatic rings. The maximum absolute atomic E-state index is 12.6. The second-order valence-electron chi connectivity index (χ2n) is 3.15. The van der Waals surface area contributed by atoms with Crippen LogP contribution in [0.2, 0.25) is 0 Å². The summed E-state index contributed by atoms with van der Waals surface area (Å²) in [6.07, 6.45) is 2.60. The Balaban J connectivity index is 0.000000673. The van der Waals surface area contributed by atoms with Gasteiger partial charge in [0.1, 0.15) is 5.82 Å². The number of hydrogen-bond donors (Lipinski definition) is 2. The molecule has 0 fully saturated rings. The molecule has 1 heterocycles. The summed E-state index contributed by atoms with van der Waals surface area (Å²) in [5, 5.41) is 2.48. The fourth-order valence-corrected chi connectivity index (χ4v) is 0.807. The third-order valence-corrected chi connectivity index (χ3v) is 1.43. The van der Waals surface area contributed by atoms with Gasteiger partial charge >= 0.3 is 0 Å². The molecule has 0 saturated carbocycles. The van der Waals surface area contributed by atoms with Gasteiger partial charge in [0, 0.05) is 6.20 Å². The molecule has 0 spiro atoms. The maximum Gasteiger partial charge on any atom is 0.234 e. The standard InChI is InChI=1S/C8H10FN3O.C3H8/c9-6-1-2-11-7(3-6)5-12-8(13)4-10;1-3-2/h1-3H,4-5,10H2,(H,12,13);3H2,1-2H3. The minimum Gasteiger partial charge on any atom is -0.349 e. The van der Waals surface area contributed by atoms with Gasteiger partial charge < -0.3 is 11.1 Å². The van der Waals surface area contributed by atoms with E-state index in [1.54, 1.807) is 0 Å². The topological polar surface area (TPSA) is 68.0 Å². The Morgan fingerprint density at radius 1 is 1.56 bits per heavy atom. The lowest BCUT2D eigenvalue weighted by Gasteiger charge is -2.01. The highest BCUT2D eigenvalue weighted by molar-refractivity contribution is 5.77. The average Bonchev–Trinajstić information content (AvgIpc) is 2.27. The number of pyridine rings is 1. The van der Waals surface area contributed by atoms with Crippen LogP contribution in [0.5, 0.6) is 0 Å². The van der Waals surface area contributed by atoms with Gasteiger partial charge in [-0.05, 0) is 12.1 Å². The van der Waals surface area contributed by atoms with Crippen LogP contribution in [0.15, 0.2) is 18.3 Å². The molecule has 1 aromatic heterocycles.